The number of carbonyl (C=O) groups excluding carboxylic acids is 1. The van der Waals surface area contributed by atoms with E-state index in [1.807, 2.05) is 6.92 Å². The molecule has 11 nitrogen and oxygen atoms in total. The van der Waals surface area contributed by atoms with Gasteiger partial charge in [-0.3, -0.25) is 4.79 Å². The van der Waals surface area contributed by atoms with Crippen molar-refractivity contribution in [2.45, 2.75) is 19.8 Å². The number of halogens is 1. The van der Waals surface area contributed by atoms with Crippen LogP contribution < -0.4 is 0 Å². The third-order valence-corrected chi connectivity index (χ3v) is 4.58. The van der Waals surface area contributed by atoms with Crippen LogP contribution in [0.2, 0.25) is 0 Å². The van der Waals surface area contributed by atoms with Crippen molar-refractivity contribution < 1.29 is 52.2 Å². The highest BCUT2D eigenvalue weighted by molar-refractivity contribution is 14.1. The van der Waals surface area contributed by atoms with E-state index in [9.17, 15) is 4.79 Å². The summed E-state index contributed by atoms with van der Waals surface area (Å²) in [7, 11) is 0. The standard InChI is InChI=1S/C24H47IO11/c1-2-3-24(26)36-23-22-35-21-20-34-19-18-33-17-16-32-15-14-31-13-12-30-11-10-29-9-8-28-7-6-27-5-4-25/h2-23H2,1H3. The third kappa shape index (κ3) is 31.9. The van der Waals surface area contributed by atoms with E-state index in [0.717, 1.165) is 17.5 Å². The Morgan fingerprint density at radius 3 is 0.944 bits per heavy atom. The molecule has 0 rings (SSSR count). The molecule has 0 aromatic carbocycles. The second-order valence-electron chi connectivity index (χ2n) is 7.17. The Kier molecular flexibility index (Phi) is 32.7. The Balaban J connectivity index is 3.04. The lowest BCUT2D eigenvalue weighted by Gasteiger charge is -2.09. The summed E-state index contributed by atoms with van der Waals surface area (Å²) in [5, 5.41) is 0. The molecule has 0 aliphatic heterocycles. The normalized spacial score (nSPS) is 11.3. The average molecular weight is 639 g/mol. The van der Waals surface area contributed by atoms with Gasteiger partial charge in [0.25, 0.3) is 0 Å². The Hall–Kier alpha value is -0.160. The summed E-state index contributed by atoms with van der Waals surface area (Å²) in [5.74, 6) is -0.185. The van der Waals surface area contributed by atoms with Gasteiger partial charge in [0.15, 0.2) is 0 Å². The van der Waals surface area contributed by atoms with Gasteiger partial charge < -0.3 is 47.4 Å². The predicted molar refractivity (Wildman–Crippen MR) is 142 cm³/mol. The maximum Gasteiger partial charge on any atom is 0.305 e. The lowest BCUT2D eigenvalue weighted by Crippen LogP contribution is -2.15. The van der Waals surface area contributed by atoms with Gasteiger partial charge >= 0.3 is 5.97 Å². The Labute approximate surface area is 230 Å². The molecule has 216 valence electrons. The average Bonchev–Trinajstić information content (AvgIpc) is 2.88. The topological polar surface area (TPSA) is 109 Å². The van der Waals surface area contributed by atoms with Gasteiger partial charge in [-0.05, 0) is 6.42 Å². The third-order valence-electron chi connectivity index (χ3n) is 4.14. The summed E-state index contributed by atoms with van der Waals surface area (Å²) >= 11 is 2.27. The van der Waals surface area contributed by atoms with E-state index >= 15 is 0 Å². The molecule has 0 atom stereocenters. The van der Waals surface area contributed by atoms with E-state index in [2.05, 4.69) is 22.6 Å². The number of ether oxygens (including phenoxy) is 10. The molecule has 0 aliphatic carbocycles. The highest BCUT2D eigenvalue weighted by Gasteiger charge is 2.00. The van der Waals surface area contributed by atoms with Crippen LogP contribution in [0.4, 0.5) is 0 Å². The Morgan fingerprint density at radius 1 is 0.444 bits per heavy atom. The van der Waals surface area contributed by atoms with Crippen molar-refractivity contribution in [2.75, 3.05) is 130 Å². The van der Waals surface area contributed by atoms with Crippen molar-refractivity contribution in [1.82, 2.24) is 0 Å². The summed E-state index contributed by atoms with van der Waals surface area (Å²) in [6.45, 7) is 11.8. The zero-order valence-electron chi connectivity index (χ0n) is 21.9. The molecule has 0 aromatic rings. The first kappa shape index (κ1) is 35.8. The van der Waals surface area contributed by atoms with E-state index < -0.39 is 0 Å². The molecule has 0 bridgehead atoms. The van der Waals surface area contributed by atoms with E-state index in [-0.39, 0.29) is 12.6 Å². The van der Waals surface area contributed by atoms with Gasteiger partial charge in [-0.2, -0.15) is 0 Å². The molecule has 0 aromatic heterocycles. The van der Waals surface area contributed by atoms with Crippen LogP contribution in [0.25, 0.3) is 0 Å². The highest BCUT2D eigenvalue weighted by atomic mass is 127. The SMILES string of the molecule is CCCC(=O)OCCOCCOCCOCCOCCOCCOCCOCCOCCOCCI. The Morgan fingerprint density at radius 2 is 0.694 bits per heavy atom. The maximum atomic E-state index is 11.2. The van der Waals surface area contributed by atoms with Gasteiger partial charge in [0.05, 0.1) is 119 Å². The first-order valence-electron chi connectivity index (χ1n) is 12.7. The number of esters is 1. The molecule has 0 aliphatic rings. The highest BCUT2D eigenvalue weighted by Crippen LogP contribution is 1.91. The fraction of sp³-hybridized carbons (Fsp3) is 0.958. The van der Waals surface area contributed by atoms with Crippen LogP contribution in [0.1, 0.15) is 19.8 Å². The molecule has 12 heteroatoms. The zero-order chi connectivity index (χ0) is 26.2. The van der Waals surface area contributed by atoms with Crippen LogP contribution in [-0.4, -0.2) is 136 Å². The Bertz CT molecular complexity index is 433. The fourth-order valence-corrected chi connectivity index (χ4v) is 2.72. The van der Waals surface area contributed by atoms with Crippen molar-refractivity contribution in [1.29, 1.82) is 0 Å². The van der Waals surface area contributed by atoms with Crippen molar-refractivity contribution in [3.05, 3.63) is 0 Å². The van der Waals surface area contributed by atoms with E-state index in [1.54, 1.807) is 0 Å². The van der Waals surface area contributed by atoms with Crippen molar-refractivity contribution in [3.63, 3.8) is 0 Å². The quantitative estimate of drug-likeness (QED) is 0.0481. The van der Waals surface area contributed by atoms with Gasteiger partial charge in [0.1, 0.15) is 6.61 Å². The molecule has 0 heterocycles. The molecule has 0 amide bonds. The zero-order valence-corrected chi connectivity index (χ0v) is 24.1. The molecule has 0 saturated carbocycles. The summed E-state index contributed by atoms with van der Waals surface area (Å²) < 4.78 is 54.6. The van der Waals surface area contributed by atoms with Crippen LogP contribution in [0.5, 0.6) is 0 Å². The molecular formula is C24H47IO11. The number of hydrogen-bond acceptors (Lipinski definition) is 11. The van der Waals surface area contributed by atoms with Gasteiger partial charge in [0, 0.05) is 10.8 Å². The summed E-state index contributed by atoms with van der Waals surface area (Å²) in [6.07, 6.45) is 1.24. The van der Waals surface area contributed by atoms with Crippen molar-refractivity contribution in [2.24, 2.45) is 0 Å². The summed E-state index contributed by atoms with van der Waals surface area (Å²) in [6, 6.07) is 0. The first-order valence-corrected chi connectivity index (χ1v) is 14.2. The number of alkyl halides is 1. The summed E-state index contributed by atoms with van der Waals surface area (Å²) in [5.41, 5.74) is 0. The lowest BCUT2D eigenvalue weighted by molar-refractivity contribution is -0.145. The van der Waals surface area contributed by atoms with Crippen LogP contribution in [-0.2, 0) is 52.2 Å². The lowest BCUT2D eigenvalue weighted by atomic mass is 10.3. The van der Waals surface area contributed by atoms with Gasteiger partial charge in [0.2, 0.25) is 0 Å². The van der Waals surface area contributed by atoms with Gasteiger partial charge in [-0.1, -0.05) is 29.5 Å². The molecule has 0 fully saturated rings. The fourth-order valence-electron chi connectivity index (χ4n) is 2.41. The minimum Gasteiger partial charge on any atom is -0.463 e. The first-order chi connectivity index (χ1) is 17.8. The largest absolute Gasteiger partial charge is 0.463 e. The smallest absolute Gasteiger partial charge is 0.305 e. The van der Waals surface area contributed by atoms with Crippen molar-refractivity contribution >= 4 is 28.6 Å². The van der Waals surface area contributed by atoms with E-state index in [0.29, 0.717) is 119 Å². The molecule has 0 N–H and O–H groups in total. The second kappa shape index (κ2) is 32.9. The van der Waals surface area contributed by atoms with E-state index in [1.165, 1.54) is 0 Å². The minimum atomic E-state index is -0.185. The van der Waals surface area contributed by atoms with Crippen LogP contribution >= 0.6 is 22.6 Å². The molecule has 36 heavy (non-hydrogen) atoms. The molecule has 0 unspecified atom stereocenters. The molecule has 0 radical (unpaired) electrons. The maximum absolute atomic E-state index is 11.2. The van der Waals surface area contributed by atoms with Gasteiger partial charge in [-0.25, -0.2) is 0 Å². The number of hydrogen-bond donors (Lipinski definition) is 0. The monoisotopic (exact) mass is 638 g/mol. The van der Waals surface area contributed by atoms with Crippen LogP contribution in [0, 0.1) is 0 Å². The number of carbonyl (C=O) groups is 1. The summed E-state index contributed by atoms with van der Waals surface area (Å²) in [4.78, 5) is 11.2. The molecule has 0 saturated heterocycles. The molecular weight excluding hydrogens is 591 g/mol. The molecule has 0 spiro atoms. The van der Waals surface area contributed by atoms with Crippen molar-refractivity contribution in [3.8, 4) is 0 Å². The second-order valence-corrected chi connectivity index (χ2v) is 8.25. The van der Waals surface area contributed by atoms with Gasteiger partial charge in [-0.15, -0.1) is 0 Å². The predicted octanol–water partition coefficient (Wildman–Crippen LogP) is 1.91. The van der Waals surface area contributed by atoms with Crippen LogP contribution in [0.3, 0.4) is 0 Å². The van der Waals surface area contributed by atoms with E-state index in [4.69, 9.17) is 47.4 Å². The minimum absolute atomic E-state index is 0.185. The van der Waals surface area contributed by atoms with Crippen LogP contribution in [0.15, 0.2) is 0 Å². The number of rotatable bonds is 31.